The molecule has 2 aromatic heterocycles. The second-order valence-corrected chi connectivity index (χ2v) is 6.94. The summed E-state index contributed by atoms with van der Waals surface area (Å²) < 4.78 is 1.74. The summed E-state index contributed by atoms with van der Waals surface area (Å²) in [6.07, 6.45) is 7.37. The van der Waals surface area contributed by atoms with Crippen LogP contribution in [0.1, 0.15) is 19.3 Å². The molecule has 0 atom stereocenters. The number of hydrogen-bond acceptors (Lipinski definition) is 4. The molecule has 27 heavy (non-hydrogen) atoms. The average molecular weight is 355 g/mol. The number of rotatable bonds is 3. The van der Waals surface area contributed by atoms with Crippen LogP contribution < -0.4 is 4.90 Å². The van der Waals surface area contributed by atoms with Gasteiger partial charge >= 0.3 is 0 Å². The van der Waals surface area contributed by atoms with Gasteiger partial charge in [-0.15, -0.1) is 0 Å². The van der Waals surface area contributed by atoms with Crippen LogP contribution in [0, 0.1) is 0 Å². The van der Waals surface area contributed by atoms with Gasteiger partial charge < -0.3 is 4.90 Å². The van der Waals surface area contributed by atoms with Gasteiger partial charge in [0.05, 0.1) is 5.52 Å². The van der Waals surface area contributed by atoms with Crippen molar-refractivity contribution < 1.29 is 0 Å². The molecular formula is C22H21N5. The molecular weight excluding hydrogens is 334 g/mol. The first-order chi connectivity index (χ1) is 13.4. The Morgan fingerprint density at radius 2 is 1.63 bits per heavy atom. The first-order valence-electron chi connectivity index (χ1n) is 9.51. The molecule has 0 spiro atoms. The fraction of sp³-hybridized carbons (Fsp3) is 0.227. The van der Waals surface area contributed by atoms with Gasteiger partial charge in [-0.1, -0.05) is 36.4 Å². The monoisotopic (exact) mass is 355 g/mol. The molecule has 3 heterocycles. The molecule has 0 amide bonds. The van der Waals surface area contributed by atoms with Crippen LogP contribution in [0.4, 0.5) is 5.82 Å². The van der Waals surface area contributed by atoms with Crippen LogP contribution in [-0.2, 0) is 0 Å². The molecule has 1 fully saturated rings. The molecule has 0 radical (unpaired) electrons. The Labute approximate surface area is 158 Å². The molecule has 2 aromatic carbocycles. The molecule has 1 aliphatic heterocycles. The molecule has 0 bridgehead atoms. The third-order valence-corrected chi connectivity index (χ3v) is 5.14. The number of fused-ring (bicyclic) bond motifs is 1. The van der Waals surface area contributed by atoms with Crippen molar-refractivity contribution in [3.8, 4) is 17.1 Å². The Hall–Kier alpha value is -3.21. The lowest BCUT2D eigenvalue weighted by atomic mass is 10.0. The van der Waals surface area contributed by atoms with Gasteiger partial charge in [0.2, 0.25) is 0 Å². The molecule has 0 N–H and O–H groups in total. The van der Waals surface area contributed by atoms with Crippen LogP contribution in [-0.4, -0.2) is 32.8 Å². The Balaban J connectivity index is 1.69. The summed E-state index contributed by atoms with van der Waals surface area (Å²) in [5.74, 6) is 1.64. The van der Waals surface area contributed by atoms with E-state index in [-0.39, 0.29) is 0 Å². The summed E-state index contributed by atoms with van der Waals surface area (Å²) in [6, 6.07) is 18.8. The van der Waals surface area contributed by atoms with Crippen molar-refractivity contribution in [1.29, 1.82) is 0 Å². The van der Waals surface area contributed by atoms with Crippen molar-refractivity contribution in [2.75, 3.05) is 18.0 Å². The second-order valence-electron chi connectivity index (χ2n) is 6.94. The van der Waals surface area contributed by atoms with Crippen LogP contribution in [0.3, 0.4) is 0 Å². The van der Waals surface area contributed by atoms with E-state index in [4.69, 9.17) is 9.97 Å². The van der Waals surface area contributed by atoms with E-state index >= 15 is 0 Å². The zero-order chi connectivity index (χ0) is 18.1. The quantitative estimate of drug-likeness (QED) is 0.544. The van der Waals surface area contributed by atoms with Crippen LogP contribution in [0.25, 0.3) is 28.0 Å². The van der Waals surface area contributed by atoms with Gasteiger partial charge in [-0.25, -0.2) is 9.67 Å². The van der Waals surface area contributed by atoms with Crippen LogP contribution in [0.15, 0.2) is 67.0 Å². The number of piperidine rings is 1. The van der Waals surface area contributed by atoms with Crippen LogP contribution in [0.5, 0.6) is 0 Å². The normalized spacial score (nSPS) is 14.6. The molecule has 134 valence electrons. The maximum absolute atomic E-state index is 4.88. The third-order valence-electron chi connectivity index (χ3n) is 5.14. The van der Waals surface area contributed by atoms with Crippen molar-refractivity contribution in [1.82, 2.24) is 19.7 Å². The predicted octanol–water partition coefficient (Wildman–Crippen LogP) is 4.47. The van der Waals surface area contributed by atoms with Crippen LogP contribution in [0.2, 0.25) is 0 Å². The summed E-state index contributed by atoms with van der Waals surface area (Å²) in [4.78, 5) is 12.1. The molecule has 1 aliphatic rings. The van der Waals surface area contributed by atoms with Crippen molar-refractivity contribution >= 4 is 16.7 Å². The highest BCUT2D eigenvalue weighted by Gasteiger charge is 2.18. The molecule has 5 rings (SSSR count). The number of hydrogen-bond donors (Lipinski definition) is 0. The molecule has 4 aromatic rings. The Kier molecular flexibility index (Phi) is 4.05. The number of benzene rings is 2. The SMILES string of the molecule is c1ccc(-c2ccc3c(N4CCCCC4)nc(-n4cccn4)nc3c2)cc1. The minimum Gasteiger partial charge on any atom is -0.356 e. The molecule has 0 aliphatic carbocycles. The van der Waals surface area contributed by atoms with Crippen LogP contribution >= 0.6 is 0 Å². The van der Waals surface area contributed by atoms with E-state index in [0.717, 1.165) is 35.4 Å². The van der Waals surface area contributed by atoms with Crippen molar-refractivity contribution in [2.45, 2.75) is 19.3 Å². The van der Waals surface area contributed by atoms with Gasteiger partial charge in [0.1, 0.15) is 5.82 Å². The largest absolute Gasteiger partial charge is 0.356 e. The van der Waals surface area contributed by atoms with Gasteiger partial charge in [-0.05, 0) is 48.6 Å². The zero-order valence-electron chi connectivity index (χ0n) is 15.1. The predicted molar refractivity (Wildman–Crippen MR) is 108 cm³/mol. The number of anilines is 1. The summed E-state index contributed by atoms with van der Waals surface area (Å²) in [5.41, 5.74) is 3.31. The fourth-order valence-corrected chi connectivity index (χ4v) is 3.75. The van der Waals surface area contributed by atoms with E-state index in [9.17, 15) is 0 Å². The first kappa shape index (κ1) is 16.0. The van der Waals surface area contributed by atoms with E-state index in [1.54, 1.807) is 10.9 Å². The standard InChI is InChI=1S/C22H21N5/c1-3-8-17(9-4-1)18-10-11-19-20(16-18)24-22(27-15-7-12-23-27)25-21(19)26-13-5-2-6-14-26/h1,3-4,7-12,15-16H,2,5-6,13-14H2. The Morgan fingerprint density at radius 1 is 0.778 bits per heavy atom. The molecule has 0 unspecified atom stereocenters. The molecule has 5 heteroatoms. The molecule has 5 nitrogen and oxygen atoms in total. The molecule has 0 saturated carbocycles. The Morgan fingerprint density at radius 3 is 2.41 bits per heavy atom. The van der Waals surface area contributed by atoms with Gasteiger partial charge in [0.25, 0.3) is 5.95 Å². The summed E-state index contributed by atoms with van der Waals surface area (Å²) in [7, 11) is 0. The summed E-state index contributed by atoms with van der Waals surface area (Å²) >= 11 is 0. The highest BCUT2D eigenvalue weighted by molar-refractivity contribution is 5.93. The fourth-order valence-electron chi connectivity index (χ4n) is 3.75. The lowest BCUT2D eigenvalue weighted by Crippen LogP contribution is -2.30. The lowest BCUT2D eigenvalue weighted by Gasteiger charge is -2.29. The van der Waals surface area contributed by atoms with E-state index in [2.05, 4.69) is 52.5 Å². The summed E-state index contributed by atoms with van der Waals surface area (Å²) in [6.45, 7) is 2.09. The first-order valence-corrected chi connectivity index (χ1v) is 9.51. The lowest BCUT2D eigenvalue weighted by molar-refractivity contribution is 0.574. The third kappa shape index (κ3) is 3.05. The van der Waals surface area contributed by atoms with Gasteiger partial charge in [0, 0.05) is 30.9 Å². The van der Waals surface area contributed by atoms with Gasteiger partial charge in [-0.3, -0.25) is 0 Å². The highest BCUT2D eigenvalue weighted by atomic mass is 15.4. The number of nitrogens with zero attached hydrogens (tertiary/aromatic N) is 5. The smallest absolute Gasteiger partial charge is 0.253 e. The molecule has 1 saturated heterocycles. The zero-order valence-corrected chi connectivity index (χ0v) is 15.1. The van der Waals surface area contributed by atoms with E-state index in [1.807, 2.05) is 18.3 Å². The van der Waals surface area contributed by atoms with E-state index in [0.29, 0.717) is 5.95 Å². The minimum atomic E-state index is 0.623. The minimum absolute atomic E-state index is 0.623. The highest BCUT2D eigenvalue weighted by Crippen LogP contribution is 2.30. The van der Waals surface area contributed by atoms with E-state index < -0.39 is 0 Å². The number of aromatic nitrogens is 4. The van der Waals surface area contributed by atoms with Crippen molar-refractivity contribution in [3.63, 3.8) is 0 Å². The van der Waals surface area contributed by atoms with Gasteiger partial charge in [-0.2, -0.15) is 10.1 Å². The second kappa shape index (κ2) is 6.83. The Bertz CT molecular complexity index is 1050. The van der Waals surface area contributed by atoms with E-state index in [1.165, 1.54) is 24.8 Å². The summed E-state index contributed by atoms with van der Waals surface area (Å²) in [5, 5.41) is 5.44. The topological polar surface area (TPSA) is 46.8 Å². The average Bonchev–Trinajstić information content (AvgIpc) is 3.29. The van der Waals surface area contributed by atoms with Crippen molar-refractivity contribution in [3.05, 3.63) is 67.0 Å². The maximum atomic E-state index is 4.88. The maximum Gasteiger partial charge on any atom is 0.253 e. The van der Waals surface area contributed by atoms with Gasteiger partial charge in [0.15, 0.2) is 0 Å². The van der Waals surface area contributed by atoms with Crippen molar-refractivity contribution in [2.24, 2.45) is 0 Å².